The summed E-state index contributed by atoms with van der Waals surface area (Å²) in [7, 11) is -3.27. The molecule has 0 saturated carbocycles. The molecule has 0 bridgehead atoms. The van der Waals surface area contributed by atoms with E-state index in [0.717, 1.165) is 6.26 Å². The van der Waals surface area contributed by atoms with Crippen molar-refractivity contribution in [2.45, 2.75) is 32.8 Å². The number of rotatable bonds is 2. The number of carbonyl (C=O) groups excluding carboxylic acids is 1. The van der Waals surface area contributed by atoms with Crippen LogP contribution in [0.1, 0.15) is 27.2 Å². The zero-order chi connectivity index (χ0) is 14.8. The number of amides is 1. The number of nitrogens with zero attached hydrogens (tertiary/aromatic N) is 1. The SMILES string of the molecule is C=C(C1=CCN(C(=O)OC(C)(C)C)CC1)S(C)(=O)=O. The third kappa shape index (κ3) is 4.70. The number of allylic oxidation sites excluding steroid dienone is 1. The van der Waals surface area contributed by atoms with Gasteiger partial charge in [0.25, 0.3) is 0 Å². The average molecular weight is 287 g/mol. The number of hydrogen-bond donors (Lipinski definition) is 0. The zero-order valence-electron chi connectivity index (χ0n) is 11.9. The molecule has 0 saturated heterocycles. The lowest BCUT2D eigenvalue weighted by atomic mass is 10.1. The summed E-state index contributed by atoms with van der Waals surface area (Å²) in [6.07, 6.45) is 2.95. The summed E-state index contributed by atoms with van der Waals surface area (Å²) in [4.78, 5) is 13.5. The summed E-state index contributed by atoms with van der Waals surface area (Å²) in [5, 5.41) is 0. The minimum atomic E-state index is -3.27. The maximum absolute atomic E-state index is 11.8. The molecule has 5 nitrogen and oxygen atoms in total. The minimum Gasteiger partial charge on any atom is -0.444 e. The Labute approximate surface area is 114 Å². The molecule has 1 rings (SSSR count). The molecule has 19 heavy (non-hydrogen) atoms. The van der Waals surface area contributed by atoms with Crippen molar-refractivity contribution in [1.29, 1.82) is 0 Å². The first kappa shape index (κ1) is 15.8. The Morgan fingerprint density at radius 2 is 2.00 bits per heavy atom. The normalized spacial score (nSPS) is 16.8. The predicted octanol–water partition coefficient (Wildman–Crippen LogP) is 2.11. The first-order valence-electron chi connectivity index (χ1n) is 6.07. The average Bonchev–Trinajstić information content (AvgIpc) is 2.24. The van der Waals surface area contributed by atoms with E-state index in [2.05, 4.69) is 6.58 Å². The van der Waals surface area contributed by atoms with Crippen LogP contribution in [-0.4, -0.2) is 44.4 Å². The summed E-state index contributed by atoms with van der Waals surface area (Å²) in [6.45, 7) is 9.80. The molecule has 1 amide bonds. The van der Waals surface area contributed by atoms with E-state index in [1.54, 1.807) is 11.0 Å². The molecule has 0 aliphatic carbocycles. The van der Waals surface area contributed by atoms with Crippen LogP contribution in [0.15, 0.2) is 23.1 Å². The summed E-state index contributed by atoms with van der Waals surface area (Å²) in [5.74, 6) is 0. The second kappa shape index (κ2) is 5.36. The van der Waals surface area contributed by atoms with Gasteiger partial charge in [-0.2, -0.15) is 0 Å². The molecule has 0 fully saturated rings. The van der Waals surface area contributed by atoms with E-state index in [9.17, 15) is 13.2 Å². The molecular formula is C13H21NO4S. The fraction of sp³-hybridized carbons (Fsp3) is 0.615. The summed E-state index contributed by atoms with van der Waals surface area (Å²) in [5.41, 5.74) is 0.152. The third-order valence-corrected chi connectivity index (χ3v) is 3.82. The van der Waals surface area contributed by atoms with Gasteiger partial charge in [0.15, 0.2) is 9.84 Å². The smallest absolute Gasteiger partial charge is 0.410 e. The van der Waals surface area contributed by atoms with Crippen LogP contribution in [0.3, 0.4) is 0 Å². The van der Waals surface area contributed by atoms with Gasteiger partial charge in [0.05, 0.1) is 4.91 Å². The fourth-order valence-electron chi connectivity index (χ4n) is 1.65. The van der Waals surface area contributed by atoms with Crippen LogP contribution in [0.5, 0.6) is 0 Å². The Bertz CT molecular complexity index is 511. The molecule has 1 aliphatic heterocycles. The van der Waals surface area contributed by atoms with E-state index in [-0.39, 0.29) is 11.0 Å². The summed E-state index contributed by atoms with van der Waals surface area (Å²) in [6, 6.07) is 0. The molecule has 0 N–H and O–H groups in total. The van der Waals surface area contributed by atoms with Gasteiger partial charge in [-0.1, -0.05) is 12.7 Å². The second-order valence-electron chi connectivity index (χ2n) is 5.60. The molecule has 0 atom stereocenters. The Kier molecular flexibility index (Phi) is 4.45. The number of carbonyl (C=O) groups is 1. The van der Waals surface area contributed by atoms with Crippen LogP contribution in [0.2, 0.25) is 0 Å². The Morgan fingerprint density at radius 3 is 2.37 bits per heavy atom. The largest absolute Gasteiger partial charge is 0.444 e. The lowest BCUT2D eigenvalue weighted by Gasteiger charge is -2.29. The Morgan fingerprint density at radius 1 is 1.42 bits per heavy atom. The van der Waals surface area contributed by atoms with E-state index < -0.39 is 15.4 Å². The van der Waals surface area contributed by atoms with Gasteiger partial charge in [0.1, 0.15) is 5.60 Å². The van der Waals surface area contributed by atoms with Gasteiger partial charge in [0.2, 0.25) is 0 Å². The lowest BCUT2D eigenvalue weighted by molar-refractivity contribution is 0.0266. The lowest BCUT2D eigenvalue weighted by Crippen LogP contribution is -2.39. The zero-order valence-corrected chi connectivity index (χ0v) is 12.7. The van der Waals surface area contributed by atoms with Gasteiger partial charge in [-0.15, -0.1) is 0 Å². The van der Waals surface area contributed by atoms with Crippen LogP contribution < -0.4 is 0 Å². The van der Waals surface area contributed by atoms with Crippen LogP contribution in [0.4, 0.5) is 4.79 Å². The van der Waals surface area contributed by atoms with Crippen molar-refractivity contribution in [3.05, 3.63) is 23.1 Å². The van der Waals surface area contributed by atoms with Gasteiger partial charge < -0.3 is 9.64 Å². The predicted molar refractivity (Wildman–Crippen MR) is 74.5 cm³/mol. The number of hydrogen-bond acceptors (Lipinski definition) is 4. The van der Waals surface area contributed by atoms with Crippen molar-refractivity contribution in [2.24, 2.45) is 0 Å². The van der Waals surface area contributed by atoms with Gasteiger partial charge in [-0.3, -0.25) is 0 Å². The van der Waals surface area contributed by atoms with Crippen LogP contribution in [0, 0.1) is 0 Å². The standard InChI is InChI=1S/C13H21NO4S/c1-10(19(5,16)17)11-6-8-14(9-7-11)12(15)18-13(2,3)4/h6H,1,7-9H2,2-5H3. The van der Waals surface area contributed by atoms with Gasteiger partial charge in [0, 0.05) is 19.3 Å². The summed E-state index contributed by atoms with van der Waals surface area (Å²) < 4.78 is 28.0. The van der Waals surface area contributed by atoms with Crippen molar-refractivity contribution < 1.29 is 17.9 Å². The minimum absolute atomic E-state index is 0.135. The molecule has 1 aliphatic rings. The van der Waals surface area contributed by atoms with Gasteiger partial charge in [-0.05, 0) is 32.8 Å². The van der Waals surface area contributed by atoms with Crippen molar-refractivity contribution in [3.63, 3.8) is 0 Å². The fourth-order valence-corrected chi connectivity index (χ4v) is 2.31. The highest BCUT2D eigenvalue weighted by atomic mass is 32.2. The highest BCUT2D eigenvalue weighted by molar-refractivity contribution is 7.94. The van der Waals surface area contributed by atoms with E-state index in [0.29, 0.717) is 25.1 Å². The molecule has 0 aromatic carbocycles. The topological polar surface area (TPSA) is 63.7 Å². The highest BCUT2D eigenvalue weighted by Crippen LogP contribution is 2.22. The van der Waals surface area contributed by atoms with Crippen LogP contribution >= 0.6 is 0 Å². The summed E-state index contributed by atoms with van der Waals surface area (Å²) >= 11 is 0. The van der Waals surface area contributed by atoms with Gasteiger partial charge in [-0.25, -0.2) is 13.2 Å². The maximum atomic E-state index is 11.8. The second-order valence-corrected chi connectivity index (χ2v) is 7.64. The van der Waals surface area contributed by atoms with E-state index in [1.807, 2.05) is 20.8 Å². The molecule has 0 radical (unpaired) electrons. The molecule has 0 aromatic heterocycles. The molecule has 6 heteroatoms. The Hall–Kier alpha value is -1.30. The van der Waals surface area contributed by atoms with Crippen molar-refractivity contribution in [2.75, 3.05) is 19.3 Å². The number of ether oxygens (including phenoxy) is 1. The highest BCUT2D eigenvalue weighted by Gasteiger charge is 2.25. The Balaban J connectivity index is 2.69. The molecular weight excluding hydrogens is 266 g/mol. The molecule has 108 valence electrons. The van der Waals surface area contributed by atoms with Gasteiger partial charge >= 0.3 is 6.09 Å². The van der Waals surface area contributed by atoms with Crippen molar-refractivity contribution >= 4 is 15.9 Å². The van der Waals surface area contributed by atoms with E-state index in [4.69, 9.17) is 4.74 Å². The monoisotopic (exact) mass is 287 g/mol. The molecule has 0 spiro atoms. The van der Waals surface area contributed by atoms with E-state index in [1.165, 1.54) is 0 Å². The first-order chi connectivity index (χ1) is 8.50. The van der Waals surface area contributed by atoms with Crippen molar-refractivity contribution in [1.82, 2.24) is 4.90 Å². The van der Waals surface area contributed by atoms with E-state index >= 15 is 0 Å². The van der Waals surface area contributed by atoms with Crippen molar-refractivity contribution in [3.8, 4) is 0 Å². The molecule has 0 unspecified atom stereocenters. The van der Waals surface area contributed by atoms with Crippen LogP contribution in [-0.2, 0) is 14.6 Å². The molecule has 0 aromatic rings. The van der Waals surface area contributed by atoms with Crippen LogP contribution in [0.25, 0.3) is 0 Å². The maximum Gasteiger partial charge on any atom is 0.410 e. The first-order valence-corrected chi connectivity index (χ1v) is 7.96. The quantitative estimate of drug-likeness (QED) is 0.780. The third-order valence-electron chi connectivity index (χ3n) is 2.67. The molecule has 1 heterocycles. The number of sulfone groups is 1.